The molecule has 0 aliphatic carbocycles. The molecule has 9 nitrogen and oxygen atoms in total. The number of ether oxygens (including phenoxy) is 2. The Kier molecular flexibility index (Phi) is 47.3. The van der Waals surface area contributed by atoms with Gasteiger partial charge in [0, 0.05) is 6.42 Å². The van der Waals surface area contributed by atoms with E-state index in [2.05, 4.69) is 19.2 Å². The summed E-state index contributed by atoms with van der Waals surface area (Å²) in [6.07, 6.45) is 54.2. The maximum atomic E-state index is 13.1. The van der Waals surface area contributed by atoms with Gasteiger partial charge in [0.2, 0.25) is 5.91 Å². The first-order valence-corrected chi connectivity index (χ1v) is 29.9. The van der Waals surface area contributed by atoms with Gasteiger partial charge in [-0.15, -0.1) is 0 Å². The fourth-order valence-corrected chi connectivity index (χ4v) is 9.87. The topological polar surface area (TPSA) is 149 Å². The molecule has 7 atom stereocenters. The highest BCUT2D eigenvalue weighted by molar-refractivity contribution is 5.76. The quantitative estimate of drug-likeness (QED) is 0.0261. The first kappa shape index (κ1) is 64.9. The minimum Gasteiger partial charge on any atom is -0.394 e. The minimum atomic E-state index is -1.56. The van der Waals surface area contributed by atoms with Crippen molar-refractivity contribution < 1.29 is 39.8 Å². The highest BCUT2D eigenvalue weighted by atomic mass is 16.7. The number of amides is 1. The third-order valence-electron chi connectivity index (χ3n) is 14.6. The van der Waals surface area contributed by atoms with Crippen LogP contribution in [0.4, 0.5) is 0 Å². The van der Waals surface area contributed by atoms with Gasteiger partial charge < -0.3 is 40.3 Å². The van der Waals surface area contributed by atoms with E-state index in [4.69, 9.17) is 9.47 Å². The van der Waals surface area contributed by atoms with Crippen LogP contribution in [0.1, 0.15) is 303 Å². The summed E-state index contributed by atoms with van der Waals surface area (Å²) < 4.78 is 11.3. The number of allylic oxidation sites excluding steroid dienone is 1. The van der Waals surface area contributed by atoms with E-state index in [0.717, 1.165) is 38.5 Å². The molecule has 1 rings (SSSR count). The number of carbonyl (C=O) groups is 1. The zero-order chi connectivity index (χ0) is 49.4. The number of unbranched alkanes of at least 4 members (excludes halogenated alkanes) is 42. The van der Waals surface area contributed by atoms with Crippen molar-refractivity contribution >= 4 is 5.91 Å². The first-order valence-electron chi connectivity index (χ1n) is 29.9. The van der Waals surface area contributed by atoms with Gasteiger partial charge >= 0.3 is 0 Å². The fraction of sp³-hybridized carbons (Fsp3) is 0.949. The lowest BCUT2D eigenvalue weighted by molar-refractivity contribution is -0.302. The SMILES string of the molecule is CCCCCCCCCCCCCCCCCCCCC/C=C/C(O)C(COC1OC(CO)C(O)C(O)C1O)NC(=O)CCCCCCCCCCCCCCCCCCCCCCCCCC. The molecule has 1 heterocycles. The van der Waals surface area contributed by atoms with Gasteiger partial charge in [-0.05, 0) is 19.3 Å². The van der Waals surface area contributed by atoms with Crippen molar-refractivity contribution in [1.29, 1.82) is 0 Å². The van der Waals surface area contributed by atoms with Crippen molar-refractivity contribution in [2.24, 2.45) is 0 Å². The summed E-state index contributed by atoms with van der Waals surface area (Å²) in [5, 5.41) is 54.6. The molecule has 6 N–H and O–H groups in total. The van der Waals surface area contributed by atoms with E-state index in [0.29, 0.717) is 6.42 Å². The number of nitrogens with one attached hydrogen (secondary N) is 1. The molecular weight excluding hydrogens is 851 g/mol. The number of carbonyl (C=O) groups excluding carboxylic acids is 1. The van der Waals surface area contributed by atoms with Crippen LogP contribution in [0.25, 0.3) is 0 Å². The molecule has 68 heavy (non-hydrogen) atoms. The third-order valence-corrected chi connectivity index (χ3v) is 14.6. The van der Waals surface area contributed by atoms with Gasteiger partial charge in [0.05, 0.1) is 25.4 Å². The summed E-state index contributed by atoms with van der Waals surface area (Å²) >= 11 is 0. The van der Waals surface area contributed by atoms with E-state index in [-0.39, 0.29) is 12.5 Å². The van der Waals surface area contributed by atoms with Crippen LogP contribution in [0.2, 0.25) is 0 Å². The third kappa shape index (κ3) is 38.6. The summed E-state index contributed by atoms with van der Waals surface area (Å²) in [7, 11) is 0. The van der Waals surface area contributed by atoms with Crippen LogP contribution in [0, 0.1) is 0 Å². The van der Waals surface area contributed by atoms with Crippen LogP contribution in [-0.4, -0.2) is 87.5 Å². The molecule has 0 spiro atoms. The molecule has 0 aromatic heterocycles. The van der Waals surface area contributed by atoms with E-state index >= 15 is 0 Å². The highest BCUT2D eigenvalue weighted by Gasteiger charge is 2.44. The first-order chi connectivity index (χ1) is 33.3. The van der Waals surface area contributed by atoms with E-state index in [1.54, 1.807) is 6.08 Å². The molecule has 1 saturated heterocycles. The molecule has 9 heteroatoms. The summed E-state index contributed by atoms with van der Waals surface area (Å²) in [6, 6.07) is -0.800. The standard InChI is InChI=1S/C59H115NO8/c1-3-5-7-9-11-13-15-17-19-21-23-25-26-27-29-31-33-35-37-39-41-43-45-47-49-55(63)60-52(51-67-59-58(66)57(65)56(64)54(50-61)68-59)53(62)48-46-44-42-40-38-36-34-32-30-28-24-22-20-18-16-14-12-10-8-6-4-2/h46,48,52-54,56-59,61-62,64-66H,3-45,47,49-51H2,1-2H3,(H,60,63)/b48-46+. The Morgan fingerprint density at radius 3 is 1.15 bits per heavy atom. The van der Waals surface area contributed by atoms with Crippen molar-refractivity contribution in [3.8, 4) is 0 Å². The van der Waals surface area contributed by atoms with Crippen LogP contribution >= 0.6 is 0 Å². The fourth-order valence-electron chi connectivity index (χ4n) is 9.87. The molecule has 0 saturated carbocycles. The Hall–Kier alpha value is -1.07. The summed E-state index contributed by atoms with van der Waals surface area (Å²) in [6.45, 7) is 3.83. The zero-order valence-electron chi connectivity index (χ0n) is 44.9. The number of rotatable bonds is 52. The Balaban J connectivity index is 2.20. The Morgan fingerprint density at radius 1 is 0.485 bits per heavy atom. The van der Waals surface area contributed by atoms with E-state index in [1.807, 2.05) is 6.08 Å². The Labute approximate surface area is 420 Å². The second-order valence-electron chi connectivity index (χ2n) is 21.2. The lowest BCUT2D eigenvalue weighted by atomic mass is 9.99. The molecule has 1 aliphatic heterocycles. The van der Waals surface area contributed by atoms with Crippen LogP contribution in [0.15, 0.2) is 12.2 Å². The minimum absolute atomic E-state index is 0.169. The second kappa shape index (κ2) is 49.5. The molecule has 0 aromatic rings. The van der Waals surface area contributed by atoms with Crippen molar-refractivity contribution in [2.45, 2.75) is 346 Å². The van der Waals surface area contributed by atoms with Gasteiger partial charge in [-0.1, -0.05) is 289 Å². The molecule has 1 fully saturated rings. The number of hydrogen-bond donors (Lipinski definition) is 6. The highest BCUT2D eigenvalue weighted by Crippen LogP contribution is 2.23. The maximum Gasteiger partial charge on any atom is 0.220 e. The summed E-state index contributed by atoms with van der Waals surface area (Å²) in [5.74, 6) is -0.169. The number of hydrogen-bond acceptors (Lipinski definition) is 8. The van der Waals surface area contributed by atoms with Gasteiger partial charge in [-0.2, -0.15) is 0 Å². The summed E-state index contributed by atoms with van der Waals surface area (Å²) in [5.41, 5.74) is 0. The molecule has 1 aliphatic rings. The molecule has 0 bridgehead atoms. The molecule has 7 unspecified atom stereocenters. The zero-order valence-corrected chi connectivity index (χ0v) is 44.9. The Morgan fingerprint density at radius 2 is 0.809 bits per heavy atom. The largest absolute Gasteiger partial charge is 0.394 e. The molecular formula is C59H115NO8. The molecule has 0 aromatic carbocycles. The van der Waals surface area contributed by atoms with Gasteiger partial charge in [0.25, 0.3) is 0 Å². The van der Waals surface area contributed by atoms with Gasteiger partial charge in [-0.25, -0.2) is 0 Å². The van der Waals surface area contributed by atoms with Crippen LogP contribution in [0.5, 0.6) is 0 Å². The van der Waals surface area contributed by atoms with Crippen LogP contribution in [-0.2, 0) is 14.3 Å². The summed E-state index contributed by atoms with van der Waals surface area (Å²) in [4.78, 5) is 13.1. The van der Waals surface area contributed by atoms with Crippen molar-refractivity contribution in [3.05, 3.63) is 12.2 Å². The van der Waals surface area contributed by atoms with Crippen molar-refractivity contribution in [2.75, 3.05) is 13.2 Å². The number of aliphatic hydroxyl groups is 5. The smallest absolute Gasteiger partial charge is 0.220 e. The normalized spacial score (nSPS) is 19.5. The number of aliphatic hydroxyl groups excluding tert-OH is 5. The Bertz CT molecular complexity index is 1080. The molecule has 404 valence electrons. The lowest BCUT2D eigenvalue weighted by Gasteiger charge is -2.40. The predicted octanol–water partition coefficient (Wildman–Crippen LogP) is 14.8. The molecule has 1 amide bonds. The van der Waals surface area contributed by atoms with Crippen LogP contribution < -0.4 is 5.32 Å². The molecule has 0 radical (unpaired) electrons. The van der Waals surface area contributed by atoms with Crippen molar-refractivity contribution in [3.63, 3.8) is 0 Å². The average molecular weight is 967 g/mol. The van der Waals surface area contributed by atoms with Gasteiger partial charge in [-0.3, -0.25) is 4.79 Å². The average Bonchev–Trinajstić information content (AvgIpc) is 3.34. The van der Waals surface area contributed by atoms with Gasteiger partial charge in [0.1, 0.15) is 24.4 Å². The van der Waals surface area contributed by atoms with E-state index in [1.165, 1.54) is 244 Å². The van der Waals surface area contributed by atoms with Crippen molar-refractivity contribution in [1.82, 2.24) is 5.32 Å². The maximum absolute atomic E-state index is 13.1. The monoisotopic (exact) mass is 966 g/mol. The lowest BCUT2D eigenvalue weighted by Crippen LogP contribution is -2.60. The van der Waals surface area contributed by atoms with Crippen LogP contribution in [0.3, 0.4) is 0 Å². The van der Waals surface area contributed by atoms with E-state index < -0.39 is 49.5 Å². The predicted molar refractivity (Wildman–Crippen MR) is 286 cm³/mol. The van der Waals surface area contributed by atoms with Gasteiger partial charge in [0.15, 0.2) is 6.29 Å². The second-order valence-corrected chi connectivity index (χ2v) is 21.2. The van der Waals surface area contributed by atoms with E-state index in [9.17, 15) is 30.3 Å².